The molecule has 1 amide bonds. The molecule has 0 unspecified atom stereocenters. The zero-order valence-electron chi connectivity index (χ0n) is 19.7. The van der Waals surface area contributed by atoms with Crippen LogP contribution in [-0.2, 0) is 22.4 Å². The van der Waals surface area contributed by atoms with Gasteiger partial charge in [-0.05, 0) is 43.2 Å². The number of halogens is 1. The first-order chi connectivity index (χ1) is 17.1. The minimum absolute atomic E-state index is 0.0636. The predicted octanol–water partition coefficient (Wildman–Crippen LogP) is 3.44. The molecular formula is C26H27FN4O4. The van der Waals surface area contributed by atoms with Crippen molar-refractivity contribution in [3.63, 3.8) is 0 Å². The van der Waals surface area contributed by atoms with Gasteiger partial charge in [0.05, 0.1) is 26.4 Å². The number of nitrogens with zero attached hydrogens (tertiary/aromatic N) is 3. The molecule has 3 aromatic rings. The molecule has 1 N–H and O–H groups in total. The van der Waals surface area contributed by atoms with E-state index in [2.05, 4.69) is 17.1 Å². The minimum atomic E-state index is -0.456. The normalized spacial score (nSPS) is 14.9. The largest absolute Gasteiger partial charge is 0.494 e. The molecule has 3 heterocycles. The van der Waals surface area contributed by atoms with Crippen molar-refractivity contribution < 1.29 is 23.4 Å². The van der Waals surface area contributed by atoms with Gasteiger partial charge in [0.2, 0.25) is 0 Å². The number of hydrogen-bond donors (Lipinski definition) is 1. The van der Waals surface area contributed by atoms with Crippen LogP contribution in [0.5, 0.6) is 11.5 Å². The lowest BCUT2D eigenvalue weighted by Crippen LogP contribution is -2.49. The lowest BCUT2D eigenvalue weighted by Gasteiger charge is -2.26. The smallest absolute Gasteiger partial charge is 0.258 e. The van der Waals surface area contributed by atoms with E-state index in [-0.39, 0.29) is 24.3 Å². The number of carbonyl (C=O) groups excluding carboxylic acids is 1. The first kappa shape index (κ1) is 23.0. The molecule has 0 radical (unpaired) electrons. The Balaban J connectivity index is 1.39. The molecule has 0 saturated carbocycles. The summed E-state index contributed by atoms with van der Waals surface area (Å²) >= 11 is 0. The van der Waals surface area contributed by atoms with Gasteiger partial charge in [0, 0.05) is 35.1 Å². The summed E-state index contributed by atoms with van der Waals surface area (Å²) in [6.45, 7) is 3.82. The van der Waals surface area contributed by atoms with E-state index < -0.39 is 5.82 Å². The van der Waals surface area contributed by atoms with Crippen LogP contribution in [-0.4, -0.2) is 55.4 Å². The molecule has 182 valence electrons. The second-order valence-electron chi connectivity index (χ2n) is 8.49. The molecule has 35 heavy (non-hydrogen) atoms. The third-order valence-electron chi connectivity index (χ3n) is 6.16. The molecule has 1 saturated heterocycles. The third kappa shape index (κ3) is 4.77. The van der Waals surface area contributed by atoms with Crippen LogP contribution in [0.15, 0.2) is 42.5 Å². The number of anilines is 2. The van der Waals surface area contributed by atoms with Crippen LogP contribution in [0.1, 0.15) is 18.2 Å². The van der Waals surface area contributed by atoms with E-state index >= 15 is 0 Å². The maximum absolute atomic E-state index is 14.4. The van der Waals surface area contributed by atoms with Crippen LogP contribution in [0.25, 0.3) is 11.4 Å². The first-order valence-electron chi connectivity index (χ1n) is 11.7. The Morgan fingerprint density at radius 1 is 1.23 bits per heavy atom. The number of ether oxygens (including phenoxy) is 3. The van der Waals surface area contributed by atoms with E-state index in [1.165, 1.54) is 13.2 Å². The third-order valence-corrected chi connectivity index (χ3v) is 6.16. The van der Waals surface area contributed by atoms with Crippen molar-refractivity contribution in [3.05, 3.63) is 59.5 Å². The highest BCUT2D eigenvalue weighted by atomic mass is 19.1. The van der Waals surface area contributed by atoms with Gasteiger partial charge in [-0.3, -0.25) is 4.79 Å². The highest BCUT2D eigenvalue weighted by Crippen LogP contribution is 2.37. The van der Waals surface area contributed by atoms with Gasteiger partial charge in [0.1, 0.15) is 11.6 Å². The van der Waals surface area contributed by atoms with Crippen LogP contribution < -0.4 is 19.7 Å². The van der Waals surface area contributed by atoms with Gasteiger partial charge < -0.3 is 24.4 Å². The highest BCUT2D eigenvalue weighted by Gasteiger charge is 2.27. The summed E-state index contributed by atoms with van der Waals surface area (Å²) in [4.78, 5) is 23.8. The number of carbonyl (C=O) groups is 1. The molecular weight excluding hydrogens is 451 g/mol. The van der Waals surface area contributed by atoms with Crippen molar-refractivity contribution in [3.8, 4) is 22.9 Å². The first-order valence-corrected chi connectivity index (χ1v) is 11.7. The van der Waals surface area contributed by atoms with Crippen molar-refractivity contribution >= 4 is 17.4 Å². The van der Waals surface area contributed by atoms with Crippen LogP contribution in [0.3, 0.4) is 0 Å². The Bertz CT molecular complexity index is 1250. The molecule has 1 fully saturated rings. The van der Waals surface area contributed by atoms with Gasteiger partial charge in [0.25, 0.3) is 5.91 Å². The van der Waals surface area contributed by atoms with Gasteiger partial charge in [-0.2, -0.15) is 0 Å². The number of amides is 1. The number of fused-ring (bicyclic) bond motifs is 1. The molecule has 8 nitrogen and oxygen atoms in total. The van der Waals surface area contributed by atoms with E-state index in [0.717, 1.165) is 42.1 Å². The maximum Gasteiger partial charge on any atom is 0.258 e. The van der Waals surface area contributed by atoms with E-state index in [0.29, 0.717) is 30.4 Å². The van der Waals surface area contributed by atoms with Crippen LogP contribution in [0, 0.1) is 5.82 Å². The number of aryl methyl sites for hydroxylation is 1. The molecule has 0 atom stereocenters. The Morgan fingerprint density at radius 2 is 2.09 bits per heavy atom. The molecule has 0 spiro atoms. The SMILES string of the molecule is CCc1nc(-c2ccc(OC)c(F)c2)nc2c1CCN2c1cccc(OCC(=O)NC2COC2)c1. The predicted molar refractivity (Wildman–Crippen MR) is 129 cm³/mol. The fraction of sp³-hybridized carbons (Fsp3) is 0.346. The summed E-state index contributed by atoms with van der Waals surface area (Å²) in [6.07, 6.45) is 1.56. The van der Waals surface area contributed by atoms with Crippen molar-refractivity contribution in [1.82, 2.24) is 15.3 Å². The summed E-state index contributed by atoms with van der Waals surface area (Å²) in [6, 6.07) is 12.4. The minimum Gasteiger partial charge on any atom is -0.494 e. The van der Waals surface area contributed by atoms with Gasteiger partial charge in [-0.15, -0.1) is 0 Å². The highest BCUT2D eigenvalue weighted by molar-refractivity contribution is 5.78. The number of hydrogen-bond acceptors (Lipinski definition) is 7. The second kappa shape index (κ2) is 9.87. The van der Waals surface area contributed by atoms with Gasteiger partial charge >= 0.3 is 0 Å². The lowest BCUT2D eigenvalue weighted by molar-refractivity contribution is -0.127. The monoisotopic (exact) mass is 478 g/mol. The number of methoxy groups -OCH3 is 1. The van der Waals surface area contributed by atoms with E-state index in [9.17, 15) is 9.18 Å². The maximum atomic E-state index is 14.4. The average Bonchev–Trinajstić information content (AvgIpc) is 3.28. The quantitative estimate of drug-likeness (QED) is 0.531. The summed E-state index contributed by atoms with van der Waals surface area (Å²) in [5.41, 5.74) is 3.54. The Kier molecular flexibility index (Phi) is 6.50. The van der Waals surface area contributed by atoms with Crippen molar-refractivity contribution in [2.45, 2.75) is 25.8 Å². The topological polar surface area (TPSA) is 85.8 Å². The van der Waals surface area contributed by atoms with E-state index in [1.54, 1.807) is 12.1 Å². The lowest BCUT2D eigenvalue weighted by atomic mass is 10.1. The molecule has 9 heteroatoms. The molecule has 5 rings (SSSR count). The van der Waals surface area contributed by atoms with Gasteiger partial charge in [-0.1, -0.05) is 13.0 Å². The van der Waals surface area contributed by atoms with Gasteiger partial charge in [-0.25, -0.2) is 14.4 Å². The Hall–Kier alpha value is -3.72. The number of rotatable bonds is 8. The fourth-order valence-corrected chi connectivity index (χ4v) is 4.28. The molecule has 2 aromatic carbocycles. The van der Waals surface area contributed by atoms with E-state index in [4.69, 9.17) is 24.2 Å². The number of aromatic nitrogens is 2. The molecule has 1 aromatic heterocycles. The van der Waals surface area contributed by atoms with Gasteiger partial charge in [0.15, 0.2) is 24.0 Å². The molecule has 0 bridgehead atoms. The van der Waals surface area contributed by atoms with Crippen LogP contribution >= 0.6 is 0 Å². The Labute approximate surface area is 203 Å². The molecule has 0 aliphatic carbocycles. The summed E-state index contributed by atoms with van der Waals surface area (Å²) in [5, 5.41) is 2.86. The summed E-state index contributed by atoms with van der Waals surface area (Å²) in [7, 11) is 1.44. The van der Waals surface area contributed by atoms with Crippen LogP contribution in [0.2, 0.25) is 0 Å². The van der Waals surface area contributed by atoms with Crippen molar-refractivity contribution in [2.24, 2.45) is 0 Å². The number of nitrogens with one attached hydrogen (secondary N) is 1. The van der Waals surface area contributed by atoms with Crippen molar-refractivity contribution in [2.75, 3.05) is 38.4 Å². The van der Waals surface area contributed by atoms with Crippen LogP contribution in [0.4, 0.5) is 15.9 Å². The fourth-order valence-electron chi connectivity index (χ4n) is 4.28. The van der Waals surface area contributed by atoms with E-state index in [1.807, 2.05) is 24.3 Å². The zero-order valence-corrected chi connectivity index (χ0v) is 19.7. The van der Waals surface area contributed by atoms with Crippen molar-refractivity contribution in [1.29, 1.82) is 0 Å². The molecule has 2 aliphatic rings. The molecule has 2 aliphatic heterocycles. The second-order valence-corrected chi connectivity index (χ2v) is 8.49. The number of benzene rings is 2. The Morgan fingerprint density at radius 3 is 2.80 bits per heavy atom. The summed E-state index contributed by atoms with van der Waals surface area (Å²) in [5.74, 6) is 1.42. The average molecular weight is 479 g/mol. The standard InChI is InChI=1S/C26H27FN4O4/c1-3-22-20-9-10-31(26(20)30-25(29-22)16-7-8-23(33-2)21(27)11-16)18-5-4-6-19(12-18)35-15-24(32)28-17-13-34-14-17/h4-8,11-12,17H,3,9-10,13-15H2,1-2H3,(H,28,32). The summed E-state index contributed by atoms with van der Waals surface area (Å²) < 4.78 is 30.2. The zero-order chi connectivity index (χ0) is 24.4.